The van der Waals surface area contributed by atoms with E-state index in [-0.39, 0.29) is 16.0 Å². The van der Waals surface area contributed by atoms with Crippen molar-refractivity contribution in [3.05, 3.63) is 58.3 Å². The number of alkyl halides is 1. The minimum atomic E-state index is -0.666. The predicted octanol–water partition coefficient (Wildman–Crippen LogP) is 4.81. The van der Waals surface area contributed by atoms with Crippen LogP contribution in [0.5, 0.6) is 0 Å². The van der Waals surface area contributed by atoms with Crippen LogP contribution in [-0.2, 0) is 5.88 Å². The fourth-order valence-electron chi connectivity index (χ4n) is 2.12. The molecule has 2 aromatic carbocycles. The molecule has 0 N–H and O–H groups in total. The van der Waals surface area contributed by atoms with E-state index < -0.39 is 11.6 Å². The van der Waals surface area contributed by atoms with Crippen molar-refractivity contribution in [2.75, 3.05) is 0 Å². The first-order chi connectivity index (χ1) is 9.61. The largest absolute Gasteiger partial charge is 0.292 e. The van der Waals surface area contributed by atoms with Crippen LogP contribution in [0.3, 0.4) is 0 Å². The van der Waals surface area contributed by atoms with E-state index in [0.717, 1.165) is 11.6 Å². The van der Waals surface area contributed by atoms with Crippen molar-refractivity contribution in [2.24, 2.45) is 0 Å². The van der Waals surface area contributed by atoms with Crippen LogP contribution in [0, 0.1) is 11.6 Å². The highest BCUT2D eigenvalue weighted by Gasteiger charge is 2.16. The monoisotopic (exact) mass is 356 g/mol. The lowest BCUT2D eigenvalue weighted by Crippen LogP contribution is -2.03. The van der Waals surface area contributed by atoms with Crippen molar-refractivity contribution in [1.29, 1.82) is 0 Å². The van der Waals surface area contributed by atoms with E-state index in [9.17, 15) is 8.78 Å². The van der Waals surface area contributed by atoms with Gasteiger partial charge in [0.05, 0.1) is 27.1 Å². The smallest absolute Gasteiger partial charge is 0.150 e. The van der Waals surface area contributed by atoms with Gasteiger partial charge in [-0.25, -0.2) is 13.8 Å². The molecular weight excluding hydrogens is 350 g/mol. The average molecular weight is 358 g/mol. The molecule has 2 nitrogen and oxygen atoms in total. The second-order valence-electron chi connectivity index (χ2n) is 4.20. The van der Waals surface area contributed by atoms with Crippen molar-refractivity contribution >= 4 is 38.6 Å². The van der Waals surface area contributed by atoms with Crippen LogP contribution < -0.4 is 0 Å². The molecule has 1 heterocycles. The molecule has 3 rings (SSSR count). The summed E-state index contributed by atoms with van der Waals surface area (Å²) in [5.41, 5.74) is 1.64. The Kier molecular flexibility index (Phi) is 3.48. The maximum absolute atomic E-state index is 14.1. The van der Waals surface area contributed by atoms with Gasteiger partial charge in [-0.1, -0.05) is 12.1 Å². The summed E-state index contributed by atoms with van der Waals surface area (Å²) in [6.45, 7) is 0. The van der Waals surface area contributed by atoms with Gasteiger partial charge in [-0.05, 0) is 34.1 Å². The molecule has 6 heteroatoms. The molecule has 0 bridgehead atoms. The predicted molar refractivity (Wildman–Crippen MR) is 78.2 cm³/mol. The molecule has 0 fully saturated rings. The summed E-state index contributed by atoms with van der Waals surface area (Å²) < 4.78 is 29.2. The van der Waals surface area contributed by atoms with E-state index in [4.69, 9.17) is 11.6 Å². The minimum absolute atomic E-state index is 0.128. The molecule has 0 aliphatic rings. The molecule has 0 saturated carbocycles. The average Bonchev–Trinajstić information content (AvgIpc) is 2.81. The van der Waals surface area contributed by atoms with Crippen molar-refractivity contribution < 1.29 is 8.78 Å². The third-order valence-electron chi connectivity index (χ3n) is 2.98. The molecule has 102 valence electrons. The van der Waals surface area contributed by atoms with E-state index in [0.29, 0.717) is 11.3 Å². The number of para-hydroxylation sites is 2. The quantitative estimate of drug-likeness (QED) is 0.475. The van der Waals surface area contributed by atoms with E-state index in [2.05, 4.69) is 20.9 Å². The highest BCUT2D eigenvalue weighted by atomic mass is 79.9. The lowest BCUT2D eigenvalue weighted by Gasteiger charge is -2.10. The molecule has 0 saturated heterocycles. The van der Waals surface area contributed by atoms with Crippen LogP contribution in [0.2, 0.25) is 0 Å². The van der Waals surface area contributed by atoms with Gasteiger partial charge < -0.3 is 0 Å². The molecule has 0 aliphatic carbocycles. The van der Waals surface area contributed by atoms with Crippen molar-refractivity contribution in [1.82, 2.24) is 9.55 Å². The Balaban J connectivity index is 2.36. The van der Waals surface area contributed by atoms with Gasteiger partial charge in [0.25, 0.3) is 0 Å². The summed E-state index contributed by atoms with van der Waals surface area (Å²) in [5.74, 6) is -0.683. The Hall–Kier alpha value is -1.46. The number of hydrogen-bond donors (Lipinski definition) is 0. The zero-order valence-corrected chi connectivity index (χ0v) is 12.4. The molecule has 0 radical (unpaired) electrons. The first kappa shape index (κ1) is 13.5. The number of fused-ring (bicyclic) bond motifs is 1. The van der Waals surface area contributed by atoms with Gasteiger partial charge in [0.15, 0.2) is 0 Å². The standard InChI is InChI=1S/C14H8BrClF2N2/c15-8-5-13(10(18)6-9(8)17)20-12-4-2-1-3-11(12)19-14(20)7-16/h1-6H,7H2. The fourth-order valence-corrected chi connectivity index (χ4v) is 2.63. The fraction of sp³-hybridized carbons (Fsp3) is 0.0714. The molecule has 0 spiro atoms. The molecule has 0 aliphatic heterocycles. The van der Waals surface area contributed by atoms with Crippen molar-refractivity contribution in [2.45, 2.75) is 5.88 Å². The second-order valence-corrected chi connectivity index (χ2v) is 5.33. The molecule has 20 heavy (non-hydrogen) atoms. The minimum Gasteiger partial charge on any atom is -0.292 e. The summed E-state index contributed by atoms with van der Waals surface area (Å²) in [5, 5.41) is 0. The Morgan fingerprint density at radius 2 is 1.90 bits per heavy atom. The normalized spacial score (nSPS) is 11.2. The SMILES string of the molecule is Fc1cc(F)c(-n2c(CCl)nc3ccccc32)cc1Br. The number of nitrogens with zero attached hydrogens (tertiary/aromatic N) is 2. The number of halogens is 4. The van der Waals surface area contributed by atoms with Crippen LogP contribution in [-0.4, -0.2) is 9.55 Å². The number of benzene rings is 2. The zero-order chi connectivity index (χ0) is 14.3. The van der Waals surface area contributed by atoms with Gasteiger partial charge in [0.1, 0.15) is 17.5 Å². The van der Waals surface area contributed by atoms with Gasteiger partial charge in [0, 0.05) is 6.07 Å². The van der Waals surface area contributed by atoms with Crippen LogP contribution in [0.25, 0.3) is 16.7 Å². The topological polar surface area (TPSA) is 17.8 Å². The number of imidazole rings is 1. The first-order valence-corrected chi connectivity index (χ1v) is 7.12. The highest BCUT2D eigenvalue weighted by Crippen LogP contribution is 2.28. The van der Waals surface area contributed by atoms with Gasteiger partial charge >= 0.3 is 0 Å². The first-order valence-electron chi connectivity index (χ1n) is 5.79. The third kappa shape index (κ3) is 2.11. The molecule has 0 atom stereocenters. The summed E-state index contributed by atoms with van der Waals surface area (Å²) in [7, 11) is 0. The molecule has 0 amide bonds. The van der Waals surface area contributed by atoms with Gasteiger partial charge in [0.2, 0.25) is 0 Å². The van der Waals surface area contributed by atoms with E-state index in [1.807, 2.05) is 24.3 Å². The van der Waals surface area contributed by atoms with E-state index >= 15 is 0 Å². The van der Waals surface area contributed by atoms with Crippen molar-refractivity contribution in [3.8, 4) is 5.69 Å². The lowest BCUT2D eigenvalue weighted by molar-refractivity contribution is 0.573. The maximum atomic E-state index is 14.1. The van der Waals surface area contributed by atoms with Crippen LogP contribution in [0.15, 0.2) is 40.9 Å². The van der Waals surface area contributed by atoms with Gasteiger partial charge in [-0.15, -0.1) is 11.6 Å². The van der Waals surface area contributed by atoms with Crippen molar-refractivity contribution in [3.63, 3.8) is 0 Å². The highest BCUT2D eigenvalue weighted by molar-refractivity contribution is 9.10. The summed E-state index contributed by atoms with van der Waals surface area (Å²) >= 11 is 8.95. The Morgan fingerprint density at radius 1 is 1.15 bits per heavy atom. The number of rotatable bonds is 2. The second kappa shape index (κ2) is 5.14. The van der Waals surface area contributed by atoms with Gasteiger partial charge in [-0.3, -0.25) is 4.57 Å². The maximum Gasteiger partial charge on any atom is 0.150 e. The van der Waals surface area contributed by atoms with Crippen LogP contribution in [0.4, 0.5) is 8.78 Å². The van der Waals surface area contributed by atoms with E-state index in [1.54, 1.807) is 4.57 Å². The van der Waals surface area contributed by atoms with Crippen LogP contribution in [0.1, 0.15) is 5.82 Å². The van der Waals surface area contributed by atoms with Gasteiger partial charge in [-0.2, -0.15) is 0 Å². The Labute approximate surface area is 127 Å². The summed E-state index contributed by atoms with van der Waals surface area (Å²) in [6, 6.07) is 9.53. The number of aromatic nitrogens is 2. The molecular formula is C14H8BrClF2N2. The third-order valence-corrected chi connectivity index (χ3v) is 3.83. The molecule has 3 aromatic rings. The zero-order valence-electron chi connectivity index (χ0n) is 10.1. The lowest BCUT2D eigenvalue weighted by atomic mass is 10.2. The summed E-state index contributed by atoms with van der Waals surface area (Å²) in [6.07, 6.45) is 0. The molecule has 1 aromatic heterocycles. The number of hydrogen-bond acceptors (Lipinski definition) is 1. The molecule has 0 unspecified atom stereocenters. The van der Waals surface area contributed by atoms with Crippen LogP contribution >= 0.6 is 27.5 Å². The Morgan fingerprint density at radius 3 is 2.65 bits per heavy atom. The summed E-state index contributed by atoms with van der Waals surface area (Å²) in [4.78, 5) is 4.36. The Bertz CT molecular complexity index is 801. The van der Waals surface area contributed by atoms with E-state index in [1.165, 1.54) is 6.07 Å².